The summed E-state index contributed by atoms with van der Waals surface area (Å²) in [6.07, 6.45) is 0. The molecule has 0 saturated heterocycles. The summed E-state index contributed by atoms with van der Waals surface area (Å²) in [4.78, 5) is 9.19. The Labute approximate surface area is 192 Å². The second-order valence-electron chi connectivity index (χ2n) is 7.84. The van der Waals surface area contributed by atoms with E-state index < -0.39 is 0 Å². The number of rotatable bonds is 7. The van der Waals surface area contributed by atoms with Crippen molar-refractivity contribution in [1.29, 1.82) is 0 Å². The summed E-state index contributed by atoms with van der Waals surface area (Å²) in [6.45, 7) is 4.19. The van der Waals surface area contributed by atoms with Gasteiger partial charge in [0.05, 0.1) is 19.7 Å². The molecule has 4 aromatic rings. The van der Waals surface area contributed by atoms with Gasteiger partial charge in [-0.15, -0.1) is 0 Å². The van der Waals surface area contributed by atoms with Crippen LogP contribution in [0, 0.1) is 12.7 Å². The quantitative estimate of drug-likeness (QED) is 0.396. The molecule has 33 heavy (non-hydrogen) atoms. The second kappa shape index (κ2) is 9.42. The van der Waals surface area contributed by atoms with Crippen molar-refractivity contribution in [3.05, 3.63) is 77.4 Å². The Balaban J connectivity index is 1.71. The Morgan fingerprint density at radius 3 is 2.48 bits per heavy atom. The number of halogens is 1. The van der Waals surface area contributed by atoms with Gasteiger partial charge in [0.1, 0.15) is 17.5 Å². The van der Waals surface area contributed by atoms with E-state index in [9.17, 15) is 4.39 Å². The van der Waals surface area contributed by atoms with Gasteiger partial charge < -0.3 is 20.5 Å². The standard InChI is InChI=1S/C26H27FN4O2/c1-15(17-6-5-7-18(10-17)21-9-8-20(27)11-19(21)14-28)29-26-22-12-24(32-3)25(33-4)13-23(22)30-16(2)31-26/h5-13,15H,14,28H2,1-4H3,(H,29,30,31). The van der Waals surface area contributed by atoms with Crippen LogP contribution >= 0.6 is 0 Å². The first-order valence-corrected chi connectivity index (χ1v) is 10.7. The highest BCUT2D eigenvalue weighted by Crippen LogP contribution is 2.35. The molecule has 170 valence electrons. The number of fused-ring (bicyclic) bond motifs is 1. The smallest absolute Gasteiger partial charge is 0.162 e. The zero-order chi connectivity index (χ0) is 23.5. The van der Waals surface area contributed by atoms with Crippen molar-refractivity contribution in [2.45, 2.75) is 26.4 Å². The van der Waals surface area contributed by atoms with Crippen molar-refractivity contribution in [2.24, 2.45) is 5.73 Å². The molecule has 0 aliphatic carbocycles. The monoisotopic (exact) mass is 446 g/mol. The van der Waals surface area contributed by atoms with Crippen LogP contribution in [0.3, 0.4) is 0 Å². The van der Waals surface area contributed by atoms with Gasteiger partial charge in [0.2, 0.25) is 0 Å². The van der Waals surface area contributed by atoms with Crippen LogP contribution in [0.25, 0.3) is 22.0 Å². The molecule has 1 aromatic heterocycles. The summed E-state index contributed by atoms with van der Waals surface area (Å²) >= 11 is 0. The highest BCUT2D eigenvalue weighted by atomic mass is 19.1. The number of aromatic nitrogens is 2. The molecule has 0 aliphatic heterocycles. The van der Waals surface area contributed by atoms with Gasteiger partial charge in [-0.05, 0) is 60.4 Å². The zero-order valence-electron chi connectivity index (χ0n) is 19.1. The predicted octanol–water partition coefficient (Wildman–Crippen LogP) is 5.39. The van der Waals surface area contributed by atoms with Crippen LogP contribution in [0.1, 0.15) is 29.9 Å². The summed E-state index contributed by atoms with van der Waals surface area (Å²) < 4.78 is 24.6. The van der Waals surface area contributed by atoms with Crippen molar-refractivity contribution in [1.82, 2.24) is 9.97 Å². The maximum absolute atomic E-state index is 13.7. The molecule has 6 nitrogen and oxygen atoms in total. The molecule has 0 spiro atoms. The Kier molecular flexibility index (Phi) is 6.42. The molecular formula is C26H27FN4O2. The highest BCUT2D eigenvalue weighted by molar-refractivity contribution is 5.92. The number of ether oxygens (including phenoxy) is 2. The predicted molar refractivity (Wildman–Crippen MR) is 129 cm³/mol. The molecule has 0 bridgehead atoms. The average molecular weight is 447 g/mol. The van der Waals surface area contributed by atoms with Crippen molar-refractivity contribution in [3.8, 4) is 22.6 Å². The molecule has 1 heterocycles. The lowest BCUT2D eigenvalue weighted by Crippen LogP contribution is -2.10. The SMILES string of the molecule is COc1cc2nc(C)nc(NC(C)c3cccc(-c4ccc(F)cc4CN)c3)c2cc1OC. The summed E-state index contributed by atoms with van der Waals surface area (Å²) in [7, 11) is 3.20. The lowest BCUT2D eigenvalue weighted by molar-refractivity contribution is 0.356. The van der Waals surface area contributed by atoms with E-state index in [2.05, 4.69) is 28.3 Å². The fourth-order valence-electron chi connectivity index (χ4n) is 3.96. The lowest BCUT2D eigenvalue weighted by atomic mass is 9.96. The summed E-state index contributed by atoms with van der Waals surface area (Å²) in [5.41, 5.74) is 10.4. The number of methoxy groups -OCH3 is 2. The maximum Gasteiger partial charge on any atom is 0.162 e. The first-order chi connectivity index (χ1) is 15.9. The van der Waals surface area contributed by atoms with Gasteiger partial charge in [0.25, 0.3) is 0 Å². The molecule has 7 heteroatoms. The van der Waals surface area contributed by atoms with Crippen LogP contribution < -0.4 is 20.5 Å². The van der Waals surface area contributed by atoms with Crippen LogP contribution in [0.4, 0.5) is 10.2 Å². The molecule has 1 atom stereocenters. The van der Waals surface area contributed by atoms with Crippen LogP contribution in [-0.4, -0.2) is 24.2 Å². The number of aryl methyl sites for hydroxylation is 1. The van der Waals surface area contributed by atoms with Gasteiger partial charge in [0.15, 0.2) is 11.5 Å². The topological polar surface area (TPSA) is 82.3 Å². The molecule has 4 rings (SSSR count). The van der Waals surface area contributed by atoms with Crippen LogP contribution in [-0.2, 0) is 6.54 Å². The summed E-state index contributed by atoms with van der Waals surface area (Å²) in [6, 6.07) is 16.5. The minimum Gasteiger partial charge on any atom is -0.493 e. The van der Waals surface area contributed by atoms with Crippen molar-refractivity contribution < 1.29 is 13.9 Å². The Hall–Kier alpha value is -3.71. The Bertz CT molecular complexity index is 1310. The Morgan fingerprint density at radius 2 is 1.76 bits per heavy atom. The molecule has 3 N–H and O–H groups in total. The maximum atomic E-state index is 13.7. The van der Waals surface area contributed by atoms with Crippen LogP contribution in [0.2, 0.25) is 0 Å². The fourth-order valence-corrected chi connectivity index (χ4v) is 3.96. The van der Waals surface area contributed by atoms with Crippen molar-refractivity contribution in [2.75, 3.05) is 19.5 Å². The molecule has 3 aromatic carbocycles. The molecular weight excluding hydrogens is 419 g/mol. The number of nitrogens with two attached hydrogens (primary N) is 1. The lowest BCUT2D eigenvalue weighted by Gasteiger charge is -2.19. The number of nitrogens with zero attached hydrogens (tertiary/aromatic N) is 2. The average Bonchev–Trinajstić information content (AvgIpc) is 2.83. The molecule has 0 fully saturated rings. The Morgan fingerprint density at radius 1 is 1.00 bits per heavy atom. The number of anilines is 1. The molecule has 1 unspecified atom stereocenters. The van der Waals surface area contributed by atoms with E-state index in [1.807, 2.05) is 37.3 Å². The highest BCUT2D eigenvalue weighted by Gasteiger charge is 2.15. The third-order valence-corrected chi connectivity index (χ3v) is 5.65. The number of nitrogens with one attached hydrogen (secondary N) is 1. The van der Waals surface area contributed by atoms with Gasteiger partial charge >= 0.3 is 0 Å². The summed E-state index contributed by atoms with van der Waals surface area (Å²) in [5, 5.41) is 4.35. The van der Waals surface area contributed by atoms with Crippen molar-refractivity contribution in [3.63, 3.8) is 0 Å². The molecule has 0 saturated carbocycles. The number of hydrogen-bond donors (Lipinski definition) is 2. The van der Waals surface area contributed by atoms with Crippen molar-refractivity contribution >= 4 is 16.7 Å². The first-order valence-electron chi connectivity index (χ1n) is 10.7. The minimum absolute atomic E-state index is 0.0580. The van der Waals surface area contributed by atoms with Crippen LogP contribution in [0.15, 0.2) is 54.6 Å². The van der Waals surface area contributed by atoms with Gasteiger partial charge in [-0.25, -0.2) is 14.4 Å². The fraction of sp³-hybridized carbons (Fsp3) is 0.231. The van der Waals surface area contributed by atoms with E-state index in [-0.39, 0.29) is 18.4 Å². The minimum atomic E-state index is -0.288. The normalized spacial score (nSPS) is 11.9. The largest absolute Gasteiger partial charge is 0.493 e. The van der Waals surface area contributed by atoms with E-state index in [4.69, 9.17) is 15.2 Å². The third-order valence-electron chi connectivity index (χ3n) is 5.65. The van der Waals surface area contributed by atoms with E-state index >= 15 is 0 Å². The number of benzene rings is 3. The molecule has 0 radical (unpaired) electrons. The van der Waals surface area contributed by atoms with E-state index in [0.29, 0.717) is 23.1 Å². The first kappa shape index (κ1) is 22.5. The second-order valence-corrected chi connectivity index (χ2v) is 7.84. The van der Waals surface area contributed by atoms with E-state index in [1.165, 1.54) is 12.1 Å². The van der Waals surface area contributed by atoms with Gasteiger partial charge in [-0.3, -0.25) is 0 Å². The van der Waals surface area contributed by atoms with Gasteiger partial charge in [-0.2, -0.15) is 0 Å². The molecule has 0 aliphatic rings. The van der Waals surface area contributed by atoms with E-state index in [1.54, 1.807) is 20.3 Å². The zero-order valence-corrected chi connectivity index (χ0v) is 19.1. The molecule has 0 amide bonds. The van der Waals surface area contributed by atoms with Gasteiger partial charge in [-0.1, -0.05) is 24.3 Å². The summed E-state index contributed by atoms with van der Waals surface area (Å²) in [5.74, 6) is 2.30. The number of hydrogen-bond acceptors (Lipinski definition) is 6. The van der Waals surface area contributed by atoms with Gasteiger partial charge in [0, 0.05) is 24.0 Å². The third kappa shape index (κ3) is 4.59. The van der Waals surface area contributed by atoms with E-state index in [0.717, 1.165) is 33.2 Å². The van der Waals surface area contributed by atoms with Crippen LogP contribution in [0.5, 0.6) is 11.5 Å².